The van der Waals surface area contributed by atoms with Gasteiger partial charge in [0.1, 0.15) is 0 Å². The van der Waals surface area contributed by atoms with Gasteiger partial charge < -0.3 is 5.32 Å². The molecule has 0 unspecified atom stereocenters. The molecule has 156 valence electrons. The summed E-state index contributed by atoms with van der Waals surface area (Å²) in [5, 5.41) is 3.95. The van der Waals surface area contributed by atoms with E-state index in [2.05, 4.69) is 27.1 Å². The lowest BCUT2D eigenvalue weighted by Gasteiger charge is -2.10. The summed E-state index contributed by atoms with van der Waals surface area (Å²) in [6.45, 7) is 2.15. The van der Waals surface area contributed by atoms with Crippen LogP contribution in [0.25, 0.3) is 11.4 Å². The fourth-order valence-corrected chi connectivity index (χ4v) is 4.30. The highest BCUT2D eigenvalue weighted by Crippen LogP contribution is 2.28. The van der Waals surface area contributed by atoms with Crippen molar-refractivity contribution in [3.8, 4) is 11.4 Å². The van der Waals surface area contributed by atoms with Crippen molar-refractivity contribution in [2.45, 2.75) is 32.5 Å². The Labute approximate surface area is 185 Å². The zero-order valence-corrected chi connectivity index (χ0v) is 17.7. The molecule has 3 heterocycles. The summed E-state index contributed by atoms with van der Waals surface area (Å²) in [4.78, 5) is 22.3. The maximum atomic E-state index is 13.2. The van der Waals surface area contributed by atoms with Crippen molar-refractivity contribution >= 4 is 17.5 Å². The summed E-state index contributed by atoms with van der Waals surface area (Å²) >= 11 is 6.39. The van der Waals surface area contributed by atoms with Gasteiger partial charge in [-0.25, -0.2) is 14.6 Å². The van der Waals surface area contributed by atoms with Crippen molar-refractivity contribution in [1.29, 1.82) is 0 Å². The van der Waals surface area contributed by atoms with Gasteiger partial charge in [-0.3, -0.25) is 9.48 Å². The summed E-state index contributed by atoms with van der Waals surface area (Å²) in [5.74, 6) is 0.538. The second-order valence-electron chi connectivity index (χ2n) is 7.60. The Morgan fingerprint density at radius 1 is 0.968 bits per heavy atom. The predicted molar refractivity (Wildman–Crippen MR) is 122 cm³/mol. The fourth-order valence-electron chi connectivity index (χ4n) is 4.10. The molecule has 1 aliphatic rings. The normalized spacial score (nSPS) is 12.7. The van der Waals surface area contributed by atoms with Crippen molar-refractivity contribution in [1.82, 2.24) is 19.3 Å². The van der Waals surface area contributed by atoms with Crippen LogP contribution in [0.2, 0.25) is 5.02 Å². The molecule has 1 aliphatic heterocycles. The van der Waals surface area contributed by atoms with E-state index in [1.165, 1.54) is 0 Å². The minimum absolute atomic E-state index is 0.0322. The number of rotatable bonds is 6. The Morgan fingerprint density at radius 2 is 1.74 bits per heavy atom. The van der Waals surface area contributed by atoms with Gasteiger partial charge in [-0.2, -0.15) is 0 Å². The molecule has 0 spiro atoms. The van der Waals surface area contributed by atoms with Crippen molar-refractivity contribution in [3.05, 3.63) is 98.9 Å². The lowest BCUT2D eigenvalue weighted by molar-refractivity contribution is 0.598. The van der Waals surface area contributed by atoms with Gasteiger partial charge in [-0.1, -0.05) is 60.1 Å². The largest absolute Gasteiger partial charge is 0.350 e. The number of anilines is 1. The van der Waals surface area contributed by atoms with Crippen LogP contribution in [0, 0.1) is 0 Å². The molecule has 0 amide bonds. The molecular formula is C24H22ClN5O. The lowest BCUT2D eigenvalue weighted by Crippen LogP contribution is -2.18. The smallest absolute Gasteiger partial charge is 0.270 e. The molecule has 0 atom stereocenters. The minimum atomic E-state index is 0.0322. The first-order chi connectivity index (χ1) is 15.2. The predicted octanol–water partition coefficient (Wildman–Crippen LogP) is 4.37. The molecule has 2 aromatic heterocycles. The Balaban J connectivity index is 1.52. The summed E-state index contributed by atoms with van der Waals surface area (Å²) in [7, 11) is 0. The van der Waals surface area contributed by atoms with Gasteiger partial charge in [0.25, 0.3) is 5.56 Å². The van der Waals surface area contributed by atoms with Crippen molar-refractivity contribution < 1.29 is 0 Å². The molecule has 7 heteroatoms. The van der Waals surface area contributed by atoms with Gasteiger partial charge in [0.05, 0.1) is 17.0 Å². The quantitative estimate of drug-likeness (QED) is 0.492. The summed E-state index contributed by atoms with van der Waals surface area (Å²) < 4.78 is 3.87. The van der Waals surface area contributed by atoms with Gasteiger partial charge >= 0.3 is 0 Å². The van der Waals surface area contributed by atoms with Gasteiger partial charge in [-0.05, 0) is 29.7 Å². The van der Waals surface area contributed by atoms with E-state index >= 15 is 0 Å². The molecule has 0 saturated heterocycles. The zero-order chi connectivity index (χ0) is 21.2. The van der Waals surface area contributed by atoms with Crippen molar-refractivity contribution in [2.24, 2.45) is 0 Å². The number of halogens is 1. The van der Waals surface area contributed by atoms with Crippen LogP contribution in [0.3, 0.4) is 0 Å². The minimum Gasteiger partial charge on any atom is -0.350 e. The van der Waals surface area contributed by atoms with Crippen LogP contribution in [0.4, 0.5) is 5.95 Å². The molecule has 5 rings (SSSR count). The van der Waals surface area contributed by atoms with Gasteiger partial charge in [0.2, 0.25) is 5.95 Å². The monoisotopic (exact) mass is 431 g/mol. The highest BCUT2D eigenvalue weighted by molar-refractivity contribution is 6.31. The molecule has 2 aromatic carbocycles. The number of nitrogens with one attached hydrogen (secondary N) is 1. The van der Waals surface area contributed by atoms with E-state index in [1.54, 1.807) is 6.20 Å². The Kier molecular flexibility index (Phi) is 5.30. The van der Waals surface area contributed by atoms with Crippen LogP contribution in [0.5, 0.6) is 0 Å². The maximum absolute atomic E-state index is 13.2. The van der Waals surface area contributed by atoms with Crippen LogP contribution in [0.1, 0.15) is 23.1 Å². The third-order valence-corrected chi connectivity index (χ3v) is 5.95. The Morgan fingerprint density at radius 3 is 2.58 bits per heavy atom. The first kappa shape index (κ1) is 19.6. The molecule has 0 saturated carbocycles. The van der Waals surface area contributed by atoms with Crippen LogP contribution < -0.4 is 10.9 Å². The molecule has 1 N–H and O–H groups in total. The molecule has 0 fully saturated rings. The van der Waals surface area contributed by atoms with Crippen LogP contribution >= 0.6 is 11.6 Å². The third-order valence-electron chi connectivity index (χ3n) is 5.58. The zero-order valence-electron chi connectivity index (χ0n) is 17.0. The van der Waals surface area contributed by atoms with Gasteiger partial charge in [0, 0.05) is 37.3 Å². The van der Waals surface area contributed by atoms with E-state index in [0.29, 0.717) is 23.9 Å². The molecule has 6 nitrogen and oxygen atoms in total. The van der Waals surface area contributed by atoms with E-state index in [9.17, 15) is 4.79 Å². The van der Waals surface area contributed by atoms with Gasteiger partial charge in [-0.15, -0.1) is 0 Å². The number of aromatic nitrogens is 4. The van der Waals surface area contributed by atoms with E-state index < -0.39 is 0 Å². The van der Waals surface area contributed by atoms with E-state index in [0.717, 1.165) is 47.6 Å². The van der Waals surface area contributed by atoms with Crippen LogP contribution in [-0.4, -0.2) is 19.3 Å². The lowest BCUT2D eigenvalue weighted by atomic mass is 10.0. The molecule has 4 aromatic rings. The number of benzene rings is 2. The average molecular weight is 432 g/mol. The first-order valence-electron chi connectivity index (χ1n) is 10.4. The number of fused-ring (bicyclic) bond motifs is 1. The third kappa shape index (κ3) is 3.86. The Bertz CT molecular complexity index is 1280. The molecule has 0 radical (unpaired) electrons. The van der Waals surface area contributed by atoms with Crippen LogP contribution in [0.15, 0.2) is 71.7 Å². The summed E-state index contributed by atoms with van der Waals surface area (Å²) in [6.07, 6.45) is 3.15. The summed E-state index contributed by atoms with van der Waals surface area (Å²) in [5.41, 5.74) is 4.43. The number of hydrogen-bond acceptors (Lipinski definition) is 4. The second kappa shape index (κ2) is 8.40. The van der Waals surface area contributed by atoms with Crippen molar-refractivity contribution in [2.75, 3.05) is 5.32 Å². The standard InChI is InChI=1S/C24H22ClN5O/c25-20-10-5-4-9-18(20)15-19-22(29-13-6-14-30(29)23(19)31)21-11-12-26-24(28-21)27-16-17-7-2-1-3-8-17/h1-5,7-12H,6,13-16H2,(H,26,27,28). The number of hydrogen-bond donors (Lipinski definition) is 1. The molecule has 0 bridgehead atoms. The number of nitrogens with zero attached hydrogens (tertiary/aromatic N) is 4. The van der Waals surface area contributed by atoms with Crippen LogP contribution in [-0.2, 0) is 26.1 Å². The van der Waals surface area contributed by atoms with E-state index in [-0.39, 0.29) is 5.56 Å². The SMILES string of the molecule is O=c1c(Cc2ccccc2Cl)c(-c2ccnc(NCc3ccccc3)n2)n2n1CCC2. The first-order valence-corrected chi connectivity index (χ1v) is 10.8. The molecule has 31 heavy (non-hydrogen) atoms. The summed E-state index contributed by atoms with van der Waals surface area (Å²) in [6, 6.07) is 19.6. The second-order valence-corrected chi connectivity index (χ2v) is 8.01. The van der Waals surface area contributed by atoms with E-state index in [1.807, 2.05) is 53.2 Å². The highest BCUT2D eigenvalue weighted by atomic mass is 35.5. The fraction of sp³-hybridized carbons (Fsp3) is 0.208. The van der Waals surface area contributed by atoms with Gasteiger partial charge in [0.15, 0.2) is 0 Å². The topological polar surface area (TPSA) is 64.7 Å². The molecule has 0 aliphatic carbocycles. The highest BCUT2D eigenvalue weighted by Gasteiger charge is 2.25. The molecular weight excluding hydrogens is 410 g/mol. The average Bonchev–Trinajstić information content (AvgIpc) is 3.37. The maximum Gasteiger partial charge on any atom is 0.270 e. The van der Waals surface area contributed by atoms with E-state index in [4.69, 9.17) is 16.6 Å². The Hall–Kier alpha value is -3.38. The van der Waals surface area contributed by atoms with Crippen molar-refractivity contribution in [3.63, 3.8) is 0 Å².